The molecule has 3 fully saturated rings. The highest BCUT2D eigenvalue weighted by Crippen LogP contribution is 2.49. The smallest absolute Gasteiger partial charge is 0.405 e. The van der Waals surface area contributed by atoms with Gasteiger partial charge >= 0.3 is 12.2 Å². The van der Waals surface area contributed by atoms with Crippen molar-refractivity contribution in [2.75, 3.05) is 25.1 Å². The topological polar surface area (TPSA) is 238 Å². The van der Waals surface area contributed by atoms with Crippen LogP contribution in [0.25, 0.3) is 0 Å². The average Bonchev–Trinajstić information content (AvgIpc) is 4.00. The first-order valence-electron chi connectivity index (χ1n) is 20.8. The molecule has 3 aliphatic rings. The van der Waals surface area contributed by atoms with Crippen LogP contribution in [0, 0.1) is 11.8 Å². The third-order valence-electron chi connectivity index (χ3n) is 12.8. The Bertz CT molecular complexity index is 2000. The van der Waals surface area contributed by atoms with Crippen LogP contribution in [0.3, 0.4) is 0 Å². The molecule has 3 aliphatic heterocycles. The van der Waals surface area contributed by atoms with Crippen LogP contribution in [0.1, 0.15) is 101 Å². The Kier molecular flexibility index (Phi) is 12.9. The molecule has 16 heteroatoms. The maximum absolute atomic E-state index is 13.9. The van der Waals surface area contributed by atoms with Gasteiger partial charge in [-0.3, -0.25) is 19.2 Å². The third kappa shape index (κ3) is 8.14. The van der Waals surface area contributed by atoms with E-state index in [1.807, 2.05) is 72.8 Å². The van der Waals surface area contributed by atoms with Crippen LogP contribution in [0.15, 0.2) is 72.8 Å². The van der Waals surface area contributed by atoms with Gasteiger partial charge in [-0.2, -0.15) is 0 Å². The van der Waals surface area contributed by atoms with Crippen LogP contribution in [-0.4, -0.2) is 88.1 Å². The minimum Gasteiger partial charge on any atom is -0.497 e. The van der Waals surface area contributed by atoms with E-state index in [4.69, 9.17) is 16.2 Å². The summed E-state index contributed by atoms with van der Waals surface area (Å²) in [7, 11) is 1.60. The number of benzene rings is 3. The lowest BCUT2D eigenvalue weighted by Crippen LogP contribution is -2.59. The quantitative estimate of drug-likeness (QED) is 0.127. The van der Waals surface area contributed by atoms with Crippen LogP contribution in [0.4, 0.5) is 15.3 Å². The van der Waals surface area contributed by atoms with Crippen molar-refractivity contribution in [2.45, 2.75) is 101 Å². The minimum absolute atomic E-state index is 0.127. The average molecular weight is 840 g/mol. The van der Waals surface area contributed by atoms with Crippen molar-refractivity contribution < 1.29 is 43.7 Å². The SMILES string of the molecule is COc1ccc(N2[C@H](c3ccc([C@]4(C(N)=O)CCCN4C(=O)[C@@H](NC(=O)O)C(C)C)cc3)CC[C@H]2c2ccc([C@]3(C(N)=O)CCCN3C(=O)[C@@H](NC(=O)O)C(C)C)cc2)cc1. The van der Waals surface area contributed by atoms with Crippen LogP contribution < -0.4 is 31.7 Å². The number of hydrogen-bond acceptors (Lipinski definition) is 8. The fourth-order valence-corrected chi connectivity index (χ4v) is 9.80. The molecule has 0 aromatic heterocycles. The molecule has 0 aliphatic carbocycles. The number of carbonyl (C=O) groups excluding carboxylic acids is 4. The summed E-state index contributed by atoms with van der Waals surface area (Å²) in [6.07, 6.45) is 0.456. The normalized spacial score (nSPS) is 23.5. The molecular weight excluding hydrogens is 783 g/mol. The molecule has 16 nitrogen and oxygen atoms in total. The lowest BCUT2D eigenvalue weighted by Gasteiger charge is -2.39. The third-order valence-corrected chi connectivity index (χ3v) is 12.8. The van der Waals surface area contributed by atoms with E-state index in [0.717, 1.165) is 29.7 Å². The molecule has 0 saturated carbocycles. The molecule has 3 aromatic carbocycles. The maximum Gasteiger partial charge on any atom is 0.405 e. The first kappa shape index (κ1) is 44.2. The van der Waals surface area contributed by atoms with E-state index < -0.39 is 59.0 Å². The fraction of sp³-hybridized carbons (Fsp3) is 0.467. The maximum atomic E-state index is 13.9. The molecule has 6 rings (SSSR count). The lowest BCUT2D eigenvalue weighted by molar-refractivity contribution is -0.146. The van der Waals surface area contributed by atoms with Gasteiger partial charge in [0.2, 0.25) is 23.6 Å². The summed E-state index contributed by atoms with van der Waals surface area (Å²) in [4.78, 5) is 83.0. The van der Waals surface area contributed by atoms with Crippen molar-refractivity contribution in [3.63, 3.8) is 0 Å². The molecule has 0 unspecified atom stereocenters. The van der Waals surface area contributed by atoms with Crippen molar-refractivity contribution >= 4 is 41.5 Å². The summed E-state index contributed by atoms with van der Waals surface area (Å²) in [5, 5.41) is 23.6. The van der Waals surface area contributed by atoms with E-state index in [-0.39, 0.29) is 37.0 Å². The van der Waals surface area contributed by atoms with E-state index >= 15 is 0 Å². The number of nitrogens with one attached hydrogen (secondary N) is 2. The van der Waals surface area contributed by atoms with Gasteiger partial charge in [0.05, 0.1) is 19.2 Å². The predicted octanol–water partition coefficient (Wildman–Crippen LogP) is 4.97. The summed E-state index contributed by atoms with van der Waals surface area (Å²) in [6, 6.07) is 20.6. The van der Waals surface area contributed by atoms with Gasteiger partial charge in [0, 0.05) is 18.8 Å². The van der Waals surface area contributed by atoms with Gasteiger partial charge in [-0.25, -0.2) is 9.59 Å². The first-order valence-corrected chi connectivity index (χ1v) is 20.8. The molecular formula is C45H57N7O9. The van der Waals surface area contributed by atoms with E-state index in [1.54, 1.807) is 34.8 Å². The number of nitrogens with zero attached hydrogens (tertiary/aromatic N) is 3. The number of ether oxygens (including phenoxy) is 1. The van der Waals surface area contributed by atoms with Crippen molar-refractivity contribution in [2.24, 2.45) is 23.3 Å². The van der Waals surface area contributed by atoms with Gasteiger partial charge in [0.1, 0.15) is 28.9 Å². The highest BCUT2D eigenvalue weighted by molar-refractivity contribution is 5.96. The van der Waals surface area contributed by atoms with Crippen molar-refractivity contribution in [1.29, 1.82) is 0 Å². The van der Waals surface area contributed by atoms with Gasteiger partial charge in [0.15, 0.2) is 0 Å². The number of amides is 6. The minimum atomic E-state index is -1.46. The Balaban J connectivity index is 1.33. The van der Waals surface area contributed by atoms with Crippen LogP contribution in [0.2, 0.25) is 0 Å². The van der Waals surface area contributed by atoms with E-state index in [2.05, 4.69) is 15.5 Å². The molecule has 0 radical (unpaired) electrons. The number of likely N-dealkylation sites (tertiary alicyclic amines) is 2. The Hall–Kier alpha value is -6.32. The second-order valence-corrected chi connectivity index (χ2v) is 16.9. The van der Waals surface area contributed by atoms with E-state index in [9.17, 15) is 39.0 Å². The standard InChI is InChI=1S/C45H57N7O9/c1-26(2)36(48-42(57)58)38(53)50-24-6-22-44(50,40(46)55)30-12-8-28(9-13-30)34-20-21-35(52(34)32-16-18-33(61-5)19-17-32)29-10-14-31(15-11-29)45(41(47)56)23-7-25-51(45)39(54)37(27(3)4)49-43(59)60/h8-19,26-27,34-37,48-49H,6-7,20-25H2,1-5H3,(H2,46,55)(H2,47,56)(H,57,58)(H,59,60)/t34-,35-,36-,37-,44-,45-/m0/s1. The van der Waals surface area contributed by atoms with Gasteiger partial charge in [-0.1, -0.05) is 76.2 Å². The molecule has 3 aromatic rings. The van der Waals surface area contributed by atoms with Crippen LogP contribution in [-0.2, 0) is 30.3 Å². The molecule has 61 heavy (non-hydrogen) atoms. The highest BCUT2D eigenvalue weighted by Gasteiger charge is 2.53. The Morgan fingerprint density at radius 3 is 1.33 bits per heavy atom. The zero-order valence-electron chi connectivity index (χ0n) is 35.3. The Morgan fingerprint density at radius 2 is 1.02 bits per heavy atom. The number of anilines is 1. The summed E-state index contributed by atoms with van der Waals surface area (Å²) in [5.74, 6) is -2.43. The summed E-state index contributed by atoms with van der Waals surface area (Å²) in [5.41, 5.74) is 13.3. The van der Waals surface area contributed by atoms with Gasteiger partial charge in [0.25, 0.3) is 0 Å². The monoisotopic (exact) mass is 839 g/mol. The number of carbonyl (C=O) groups is 6. The lowest BCUT2D eigenvalue weighted by atomic mass is 9.84. The van der Waals surface area contributed by atoms with E-state index in [0.29, 0.717) is 42.6 Å². The highest BCUT2D eigenvalue weighted by atomic mass is 16.5. The molecule has 6 amide bonds. The molecule has 3 saturated heterocycles. The number of methoxy groups -OCH3 is 1. The first-order chi connectivity index (χ1) is 29.0. The Labute approximate surface area is 355 Å². The molecule has 326 valence electrons. The predicted molar refractivity (Wildman–Crippen MR) is 226 cm³/mol. The Morgan fingerprint density at radius 1 is 0.639 bits per heavy atom. The largest absolute Gasteiger partial charge is 0.497 e. The van der Waals surface area contributed by atoms with Crippen molar-refractivity contribution in [1.82, 2.24) is 20.4 Å². The fourth-order valence-electron chi connectivity index (χ4n) is 9.80. The zero-order valence-corrected chi connectivity index (χ0v) is 35.3. The van der Waals surface area contributed by atoms with E-state index in [1.165, 1.54) is 9.80 Å². The zero-order chi connectivity index (χ0) is 44.4. The number of nitrogens with two attached hydrogens (primary N) is 2. The van der Waals surface area contributed by atoms with Crippen LogP contribution >= 0.6 is 0 Å². The molecule has 3 heterocycles. The number of carboxylic acid groups (broad SMARTS) is 2. The van der Waals surface area contributed by atoms with Gasteiger partial charge < -0.3 is 51.8 Å². The second-order valence-electron chi connectivity index (χ2n) is 16.9. The van der Waals surface area contributed by atoms with Crippen molar-refractivity contribution in [3.8, 4) is 5.75 Å². The number of hydrogen-bond donors (Lipinski definition) is 6. The molecule has 0 bridgehead atoms. The van der Waals surface area contributed by atoms with Crippen molar-refractivity contribution in [3.05, 3.63) is 95.1 Å². The van der Waals surface area contributed by atoms with Gasteiger partial charge in [-0.05, 0) is 96.9 Å². The molecule has 6 atom stereocenters. The number of primary amides is 2. The van der Waals surface area contributed by atoms with Crippen LogP contribution in [0.5, 0.6) is 5.75 Å². The van der Waals surface area contributed by atoms with Gasteiger partial charge in [-0.15, -0.1) is 0 Å². The number of rotatable bonds is 14. The molecule has 8 N–H and O–H groups in total. The second kappa shape index (κ2) is 17.7. The summed E-state index contributed by atoms with van der Waals surface area (Å²) in [6.45, 7) is 7.45. The molecule has 0 spiro atoms. The summed E-state index contributed by atoms with van der Waals surface area (Å²) < 4.78 is 5.46. The summed E-state index contributed by atoms with van der Waals surface area (Å²) >= 11 is 0.